The first-order valence-electron chi connectivity index (χ1n) is 15.5. The van der Waals surface area contributed by atoms with Gasteiger partial charge in [0.05, 0.1) is 24.4 Å². The highest BCUT2D eigenvalue weighted by Crippen LogP contribution is 2.21. The van der Waals surface area contributed by atoms with Crippen molar-refractivity contribution in [3.63, 3.8) is 0 Å². The topological polar surface area (TPSA) is 133 Å². The standard InChI is InChI=1S/C30H61NO6/c1-3-5-6-7-8-9-10-11-12-13-14-15-16-25(30(31)35)17-23-29(37-36)24-22-28(34)21-20-27(33)19-18-26(32)4-2/h25-29,32-34,36H,3-24H2,1-2H3,(H2,31,35). The normalized spacial score (nSPS) is 15.8. The Kier molecular flexibility index (Phi) is 25.0. The van der Waals surface area contributed by atoms with Gasteiger partial charge in [0.25, 0.3) is 0 Å². The zero-order valence-electron chi connectivity index (χ0n) is 24.1. The van der Waals surface area contributed by atoms with Gasteiger partial charge in [-0.2, -0.15) is 0 Å². The summed E-state index contributed by atoms with van der Waals surface area (Å²) in [7, 11) is 0. The number of carbonyl (C=O) groups excluding carboxylic acids is 1. The molecule has 5 atom stereocenters. The van der Waals surface area contributed by atoms with Crippen LogP contribution in [0.1, 0.15) is 155 Å². The van der Waals surface area contributed by atoms with Crippen LogP contribution >= 0.6 is 0 Å². The van der Waals surface area contributed by atoms with E-state index in [-0.39, 0.29) is 17.9 Å². The molecule has 0 saturated heterocycles. The predicted molar refractivity (Wildman–Crippen MR) is 151 cm³/mol. The van der Waals surface area contributed by atoms with Crippen LogP contribution in [0.15, 0.2) is 0 Å². The molecule has 6 N–H and O–H groups in total. The summed E-state index contributed by atoms with van der Waals surface area (Å²) in [6.45, 7) is 4.16. The second-order valence-electron chi connectivity index (χ2n) is 11.2. The third-order valence-corrected chi connectivity index (χ3v) is 7.75. The highest BCUT2D eigenvalue weighted by molar-refractivity contribution is 5.76. The number of nitrogens with two attached hydrogens (primary N) is 1. The number of carbonyl (C=O) groups is 1. The molecule has 0 bridgehead atoms. The largest absolute Gasteiger partial charge is 0.393 e. The molecule has 0 heterocycles. The fourth-order valence-electron chi connectivity index (χ4n) is 4.94. The Hall–Kier alpha value is -0.730. The van der Waals surface area contributed by atoms with E-state index in [4.69, 9.17) is 5.73 Å². The second kappa shape index (κ2) is 25.5. The number of unbranched alkanes of at least 4 members (excludes halogenated alkanes) is 11. The molecule has 0 aliphatic carbocycles. The van der Waals surface area contributed by atoms with Gasteiger partial charge in [-0.25, -0.2) is 4.89 Å². The summed E-state index contributed by atoms with van der Waals surface area (Å²) in [6, 6.07) is 0. The molecule has 7 nitrogen and oxygen atoms in total. The molecule has 0 saturated carbocycles. The smallest absolute Gasteiger partial charge is 0.220 e. The highest BCUT2D eigenvalue weighted by Gasteiger charge is 2.20. The Morgan fingerprint density at radius 3 is 1.43 bits per heavy atom. The van der Waals surface area contributed by atoms with Crippen LogP contribution in [0.2, 0.25) is 0 Å². The molecule has 37 heavy (non-hydrogen) atoms. The third-order valence-electron chi connectivity index (χ3n) is 7.75. The van der Waals surface area contributed by atoms with Gasteiger partial charge >= 0.3 is 0 Å². The molecule has 0 rings (SSSR count). The minimum atomic E-state index is -0.587. The Morgan fingerprint density at radius 1 is 0.595 bits per heavy atom. The minimum Gasteiger partial charge on any atom is -0.393 e. The van der Waals surface area contributed by atoms with Crippen molar-refractivity contribution >= 4 is 5.91 Å². The van der Waals surface area contributed by atoms with Crippen LogP contribution in [0, 0.1) is 5.92 Å². The van der Waals surface area contributed by atoms with Crippen LogP contribution in [0.3, 0.4) is 0 Å². The van der Waals surface area contributed by atoms with Crippen molar-refractivity contribution in [2.45, 2.75) is 180 Å². The van der Waals surface area contributed by atoms with Gasteiger partial charge in [0, 0.05) is 5.92 Å². The lowest BCUT2D eigenvalue weighted by atomic mass is 9.92. The zero-order chi connectivity index (χ0) is 27.7. The summed E-state index contributed by atoms with van der Waals surface area (Å²) in [5.41, 5.74) is 5.62. The van der Waals surface area contributed by atoms with Gasteiger partial charge in [-0.1, -0.05) is 90.9 Å². The number of rotatable bonds is 28. The van der Waals surface area contributed by atoms with Gasteiger partial charge in [0.2, 0.25) is 5.91 Å². The van der Waals surface area contributed by atoms with E-state index in [1.54, 1.807) is 0 Å². The number of primary amides is 1. The maximum absolute atomic E-state index is 11.9. The van der Waals surface area contributed by atoms with Gasteiger partial charge in [-0.15, -0.1) is 0 Å². The quantitative estimate of drug-likeness (QED) is 0.0436. The molecule has 7 heteroatoms. The van der Waals surface area contributed by atoms with Gasteiger partial charge < -0.3 is 21.1 Å². The molecule has 0 aromatic rings. The number of hydrogen-bond donors (Lipinski definition) is 5. The first-order valence-corrected chi connectivity index (χ1v) is 15.5. The summed E-state index contributed by atoms with van der Waals surface area (Å²) >= 11 is 0. The number of aliphatic hydroxyl groups is 3. The maximum Gasteiger partial charge on any atom is 0.220 e. The van der Waals surface area contributed by atoms with Crippen LogP contribution in [-0.4, -0.2) is 50.9 Å². The van der Waals surface area contributed by atoms with E-state index in [0.717, 1.165) is 19.3 Å². The van der Waals surface area contributed by atoms with E-state index in [9.17, 15) is 25.4 Å². The van der Waals surface area contributed by atoms with E-state index in [1.807, 2.05) is 6.92 Å². The fourth-order valence-corrected chi connectivity index (χ4v) is 4.94. The molecule has 1 amide bonds. The molecule has 0 fully saturated rings. The average Bonchev–Trinajstić information content (AvgIpc) is 2.89. The molecule has 5 unspecified atom stereocenters. The first kappa shape index (κ1) is 36.3. The third kappa shape index (κ3) is 22.9. The summed E-state index contributed by atoms with van der Waals surface area (Å²) in [5.74, 6) is -0.499. The fraction of sp³-hybridized carbons (Fsp3) is 0.967. The summed E-state index contributed by atoms with van der Waals surface area (Å²) in [6.07, 6.45) is 18.9. The summed E-state index contributed by atoms with van der Waals surface area (Å²) in [4.78, 5) is 16.5. The van der Waals surface area contributed by atoms with Gasteiger partial charge in [-0.3, -0.25) is 10.1 Å². The predicted octanol–water partition coefficient (Wildman–Crippen LogP) is 6.65. The van der Waals surface area contributed by atoms with Crippen molar-refractivity contribution in [2.24, 2.45) is 11.7 Å². The van der Waals surface area contributed by atoms with Crippen molar-refractivity contribution in [1.82, 2.24) is 0 Å². The van der Waals surface area contributed by atoms with Crippen molar-refractivity contribution in [2.75, 3.05) is 0 Å². The molecule has 222 valence electrons. The molecule has 0 radical (unpaired) electrons. The number of amides is 1. The van der Waals surface area contributed by atoms with Crippen LogP contribution in [0.4, 0.5) is 0 Å². The SMILES string of the molecule is CCCCCCCCCCCCCCC(CCC(CCC(O)CCC(O)CCC(O)CC)OO)C(N)=O. The van der Waals surface area contributed by atoms with Crippen molar-refractivity contribution in [3.8, 4) is 0 Å². The Morgan fingerprint density at radius 2 is 1.00 bits per heavy atom. The van der Waals surface area contributed by atoms with E-state index in [0.29, 0.717) is 57.8 Å². The average molecular weight is 532 g/mol. The molecule has 0 aliphatic heterocycles. The van der Waals surface area contributed by atoms with Crippen LogP contribution in [0.25, 0.3) is 0 Å². The van der Waals surface area contributed by atoms with E-state index < -0.39 is 18.3 Å². The number of aliphatic hydroxyl groups excluding tert-OH is 3. The van der Waals surface area contributed by atoms with Crippen LogP contribution in [-0.2, 0) is 9.68 Å². The lowest BCUT2D eigenvalue weighted by molar-refractivity contribution is -0.282. The molecule has 0 aliphatic rings. The zero-order valence-corrected chi connectivity index (χ0v) is 24.1. The summed E-state index contributed by atoms with van der Waals surface area (Å²) < 4.78 is 0. The molecular weight excluding hydrogens is 470 g/mol. The highest BCUT2D eigenvalue weighted by atomic mass is 17.1. The first-order chi connectivity index (χ1) is 17.8. The minimum absolute atomic E-state index is 0.209. The van der Waals surface area contributed by atoms with Crippen molar-refractivity contribution < 1.29 is 30.3 Å². The summed E-state index contributed by atoms with van der Waals surface area (Å²) in [5, 5.41) is 39.1. The monoisotopic (exact) mass is 531 g/mol. The lowest BCUT2D eigenvalue weighted by Crippen LogP contribution is -2.25. The molecule has 0 spiro atoms. The molecule has 0 aromatic heterocycles. The van der Waals surface area contributed by atoms with Gasteiger partial charge in [-0.05, 0) is 64.2 Å². The van der Waals surface area contributed by atoms with E-state index in [2.05, 4.69) is 11.8 Å². The lowest BCUT2D eigenvalue weighted by Gasteiger charge is -2.19. The van der Waals surface area contributed by atoms with Crippen molar-refractivity contribution in [3.05, 3.63) is 0 Å². The Balaban J connectivity index is 3.95. The maximum atomic E-state index is 11.9. The van der Waals surface area contributed by atoms with Gasteiger partial charge in [0.15, 0.2) is 0 Å². The molecule has 0 aromatic carbocycles. The number of hydrogen-bond acceptors (Lipinski definition) is 6. The van der Waals surface area contributed by atoms with E-state index in [1.165, 1.54) is 64.2 Å². The Bertz CT molecular complexity index is 506. The van der Waals surface area contributed by atoms with E-state index >= 15 is 0 Å². The Labute approximate surface area is 227 Å². The second-order valence-corrected chi connectivity index (χ2v) is 11.2. The van der Waals surface area contributed by atoms with Crippen LogP contribution < -0.4 is 5.73 Å². The van der Waals surface area contributed by atoms with Crippen LogP contribution in [0.5, 0.6) is 0 Å². The van der Waals surface area contributed by atoms with Gasteiger partial charge in [0.1, 0.15) is 0 Å². The van der Waals surface area contributed by atoms with Crippen molar-refractivity contribution in [1.29, 1.82) is 0 Å². The molecular formula is C30H61NO6.